The van der Waals surface area contributed by atoms with E-state index in [-0.39, 0.29) is 6.09 Å². The van der Waals surface area contributed by atoms with Crippen LogP contribution in [0.25, 0.3) is 0 Å². The third-order valence-electron chi connectivity index (χ3n) is 4.39. The lowest BCUT2D eigenvalue weighted by Crippen LogP contribution is -2.36. The summed E-state index contributed by atoms with van der Waals surface area (Å²) in [6.07, 6.45) is 1.88. The summed E-state index contributed by atoms with van der Waals surface area (Å²) in [6, 6.07) is 3.95. The lowest BCUT2D eigenvalue weighted by Gasteiger charge is -2.25. The first kappa shape index (κ1) is 16.3. The van der Waals surface area contributed by atoms with E-state index in [1.165, 1.54) is 0 Å². The number of carbonyl (C=O) groups is 1. The second kappa shape index (κ2) is 6.15. The molecule has 1 aromatic rings. The minimum atomic E-state index is -0.438. The highest BCUT2D eigenvalue weighted by Crippen LogP contribution is 2.39. The van der Waals surface area contributed by atoms with E-state index in [2.05, 4.69) is 15.5 Å². The number of nitrogens with zero attached hydrogens (tertiary/aromatic N) is 3. The molecule has 3 rings (SSSR count). The molecule has 1 aliphatic heterocycles. The Balaban J connectivity index is 1.51. The number of likely N-dealkylation sites (tertiary alicyclic amines) is 1. The molecule has 3 atom stereocenters. The normalized spacial score (nSPS) is 27.0. The maximum Gasteiger partial charge on any atom is 0.410 e. The van der Waals surface area contributed by atoms with Crippen molar-refractivity contribution in [3.05, 3.63) is 17.3 Å². The largest absolute Gasteiger partial charge is 0.444 e. The number of carbonyl (C=O) groups excluding carboxylic acids is 1. The Bertz CT molecular complexity index is 558. The Morgan fingerprint density at radius 3 is 2.43 bits per heavy atom. The number of fused-ring (bicyclic) bond motifs is 1. The van der Waals surface area contributed by atoms with Crippen molar-refractivity contribution in [3.8, 4) is 0 Å². The topological polar surface area (TPSA) is 67.3 Å². The van der Waals surface area contributed by atoms with E-state index >= 15 is 0 Å². The Labute approximate surface area is 141 Å². The van der Waals surface area contributed by atoms with Crippen LogP contribution in [0.5, 0.6) is 0 Å². The van der Waals surface area contributed by atoms with E-state index in [1.54, 1.807) is 6.07 Å². The highest BCUT2D eigenvalue weighted by molar-refractivity contribution is 6.29. The molecule has 1 saturated carbocycles. The smallest absolute Gasteiger partial charge is 0.410 e. The van der Waals surface area contributed by atoms with Crippen LogP contribution in [0, 0.1) is 11.8 Å². The van der Waals surface area contributed by atoms with Gasteiger partial charge in [-0.1, -0.05) is 11.6 Å². The molecule has 2 fully saturated rings. The second-order valence-corrected chi connectivity index (χ2v) is 7.85. The predicted molar refractivity (Wildman–Crippen MR) is 88.5 cm³/mol. The van der Waals surface area contributed by atoms with Gasteiger partial charge < -0.3 is 15.0 Å². The fraction of sp³-hybridized carbons (Fsp3) is 0.688. The Morgan fingerprint density at radius 2 is 1.91 bits per heavy atom. The molecule has 2 heterocycles. The summed E-state index contributed by atoms with van der Waals surface area (Å²) in [5.41, 5.74) is -0.438. The zero-order valence-electron chi connectivity index (χ0n) is 13.8. The van der Waals surface area contributed by atoms with Crippen LogP contribution in [0.3, 0.4) is 0 Å². The van der Waals surface area contributed by atoms with Crippen molar-refractivity contribution in [2.24, 2.45) is 11.8 Å². The van der Waals surface area contributed by atoms with Crippen molar-refractivity contribution in [1.29, 1.82) is 0 Å². The van der Waals surface area contributed by atoms with E-state index in [0.29, 0.717) is 23.0 Å². The fourth-order valence-corrected chi connectivity index (χ4v) is 3.60. The molecular weight excluding hydrogens is 316 g/mol. The molecule has 1 aromatic heterocycles. The van der Waals surface area contributed by atoms with Gasteiger partial charge >= 0.3 is 6.09 Å². The quantitative estimate of drug-likeness (QED) is 0.897. The van der Waals surface area contributed by atoms with Gasteiger partial charge in [-0.05, 0) is 57.6 Å². The van der Waals surface area contributed by atoms with Gasteiger partial charge in [-0.2, -0.15) is 0 Å². The lowest BCUT2D eigenvalue weighted by atomic mass is 10.0. The molecule has 7 heteroatoms. The Hall–Kier alpha value is -1.56. The van der Waals surface area contributed by atoms with Gasteiger partial charge in [0.15, 0.2) is 5.15 Å². The Morgan fingerprint density at radius 1 is 1.26 bits per heavy atom. The molecule has 2 aliphatic rings. The number of nitrogens with one attached hydrogen (secondary N) is 1. The summed E-state index contributed by atoms with van der Waals surface area (Å²) in [5.74, 6) is 1.81. The zero-order valence-corrected chi connectivity index (χ0v) is 14.5. The molecule has 0 spiro atoms. The summed E-state index contributed by atoms with van der Waals surface area (Å²) < 4.78 is 5.46. The number of hydrogen-bond acceptors (Lipinski definition) is 5. The van der Waals surface area contributed by atoms with Gasteiger partial charge in [0.25, 0.3) is 0 Å². The first-order valence-corrected chi connectivity index (χ1v) is 8.41. The SMILES string of the molecule is CC(C)(C)OC(=O)N1CC2C[C@H](Nc3ccc(Cl)nn3)C[C@@H]2C1. The number of amides is 1. The zero-order chi connectivity index (χ0) is 16.6. The van der Waals surface area contributed by atoms with Crippen LogP contribution in [-0.2, 0) is 4.74 Å². The monoisotopic (exact) mass is 338 g/mol. The summed E-state index contributed by atoms with van der Waals surface area (Å²) in [6.45, 7) is 7.26. The van der Waals surface area contributed by atoms with Gasteiger partial charge in [-0.25, -0.2) is 4.79 Å². The van der Waals surface area contributed by atoms with Crippen molar-refractivity contribution in [2.45, 2.75) is 45.3 Å². The molecule has 23 heavy (non-hydrogen) atoms. The molecule has 0 aromatic carbocycles. The molecule has 0 radical (unpaired) electrons. The summed E-state index contributed by atoms with van der Waals surface area (Å²) in [7, 11) is 0. The van der Waals surface area contributed by atoms with E-state index in [4.69, 9.17) is 16.3 Å². The van der Waals surface area contributed by atoms with E-state index < -0.39 is 5.60 Å². The van der Waals surface area contributed by atoms with Crippen molar-refractivity contribution >= 4 is 23.5 Å². The maximum absolute atomic E-state index is 12.2. The molecular formula is C16H23ClN4O2. The van der Waals surface area contributed by atoms with E-state index in [9.17, 15) is 4.79 Å². The molecule has 1 saturated heterocycles. The molecule has 6 nitrogen and oxygen atoms in total. The van der Waals surface area contributed by atoms with E-state index in [1.807, 2.05) is 31.7 Å². The van der Waals surface area contributed by atoms with Gasteiger partial charge in [0.1, 0.15) is 11.4 Å². The summed E-state index contributed by atoms with van der Waals surface area (Å²) in [4.78, 5) is 14.0. The molecule has 1 N–H and O–H groups in total. The fourth-order valence-electron chi connectivity index (χ4n) is 3.50. The van der Waals surface area contributed by atoms with Crippen LogP contribution < -0.4 is 5.32 Å². The first-order valence-electron chi connectivity index (χ1n) is 8.04. The second-order valence-electron chi connectivity index (χ2n) is 7.46. The van der Waals surface area contributed by atoms with Crippen LogP contribution >= 0.6 is 11.6 Å². The number of hydrogen-bond donors (Lipinski definition) is 1. The maximum atomic E-state index is 12.2. The number of aromatic nitrogens is 2. The number of ether oxygens (including phenoxy) is 1. The number of rotatable bonds is 2. The van der Waals surface area contributed by atoms with Gasteiger partial charge in [0.2, 0.25) is 0 Å². The van der Waals surface area contributed by atoms with E-state index in [0.717, 1.165) is 31.7 Å². The van der Waals surface area contributed by atoms with Crippen molar-refractivity contribution in [1.82, 2.24) is 15.1 Å². The van der Waals surface area contributed by atoms with Crippen molar-refractivity contribution in [3.63, 3.8) is 0 Å². The highest BCUT2D eigenvalue weighted by atomic mass is 35.5. The standard InChI is InChI=1S/C16H23ClN4O2/c1-16(2,3)23-15(22)21-8-10-6-12(7-11(10)9-21)18-14-5-4-13(17)19-20-14/h4-5,10-12H,6-9H2,1-3H3,(H,18,20)/t10-,11?,12-/m1/s1. The predicted octanol–water partition coefficient (Wildman–Crippen LogP) is 3.19. The van der Waals surface area contributed by atoms with Gasteiger partial charge in [-0.15, -0.1) is 10.2 Å². The molecule has 1 unspecified atom stereocenters. The van der Waals surface area contributed by atoms with Crippen LogP contribution in [0.15, 0.2) is 12.1 Å². The third-order valence-corrected chi connectivity index (χ3v) is 4.59. The van der Waals surface area contributed by atoms with Crippen molar-refractivity contribution in [2.75, 3.05) is 18.4 Å². The molecule has 126 valence electrons. The average Bonchev–Trinajstić information content (AvgIpc) is 2.97. The highest BCUT2D eigenvalue weighted by Gasteiger charge is 2.43. The average molecular weight is 339 g/mol. The minimum absolute atomic E-state index is 0.194. The van der Waals surface area contributed by atoms with Crippen LogP contribution in [0.4, 0.5) is 10.6 Å². The minimum Gasteiger partial charge on any atom is -0.444 e. The first-order chi connectivity index (χ1) is 10.8. The molecule has 0 bridgehead atoms. The number of halogens is 1. The lowest BCUT2D eigenvalue weighted by molar-refractivity contribution is 0.0280. The van der Waals surface area contributed by atoms with Crippen LogP contribution in [-0.4, -0.2) is 45.9 Å². The van der Waals surface area contributed by atoms with Gasteiger partial charge in [0.05, 0.1) is 0 Å². The summed E-state index contributed by atoms with van der Waals surface area (Å²) >= 11 is 5.75. The molecule has 1 aliphatic carbocycles. The van der Waals surface area contributed by atoms with Gasteiger partial charge in [-0.3, -0.25) is 0 Å². The Kier molecular flexibility index (Phi) is 4.36. The summed E-state index contributed by atoms with van der Waals surface area (Å²) in [5, 5.41) is 11.7. The third kappa shape index (κ3) is 4.05. The number of anilines is 1. The van der Waals surface area contributed by atoms with Crippen LogP contribution in [0.2, 0.25) is 5.15 Å². The van der Waals surface area contributed by atoms with Crippen LogP contribution in [0.1, 0.15) is 33.6 Å². The van der Waals surface area contributed by atoms with Crippen molar-refractivity contribution < 1.29 is 9.53 Å². The molecule has 1 amide bonds. The van der Waals surface area contributed by atoms with Gasteiger partial charge in [0, 0.05) is 19.1 Å².